The molecule has 0 amide bonds. The van der Waals surface area contributed by atoms with Crippen LogP contribution in [0.2, 0.25) is 0 Å². The van der Waals surface area contributed by atoms with Gasteiger partial charge in [0.25, 0.3) is 0 Å². The number of hydrogen-bond donors (Lipinski definition) is 1. The number of nitrogens with one attached hydrogen (secondary N) is 1. The molecule has 2 aliphatic carbocycles. The first-order valence-electron chi connectivity index (χ1n) is 8.16. The van der Waals surface area contributed by atoms with Crippen molar-refractivity contribution < 1.29 is 0 Å². The minimum Gasteiger partial charge on any atom is -0.310 e. The fourth-order valence-electron chi connectivity index (χ4n) is 3.56. The first-order valence-corrected chi connectivity index (χ1v) is 8.16. The maximum absolute atomic E-state index is 3.79. The summed E-state index contributed by atoms with van der Waals surface area (Å²) in [5.41, 5.74) is 3.14. The summed E-state index contributed by atoms with van der Waals surface area (Å²) in [6.07, 6.45) is 9.99. The van der Waals surface area contributed by atoms with Crippen molar-refractivity contribution >= 4 is 0 Å². The van der Waals surface area contributed by atoms with E-state index in [-0.39, 0.29) is 0 Å². The third-order valence-corrected chi connectivity index (χ3v) is 5.04. The summed E-state index contributed by atoms with van der Waals surface area (Å²) >= 11 is 0. The summed E-state index contributed by atoms with van der Waals surface area (Å²) in [4.78, 5) is 0. The lowest BCUT2D eigenvalue weighted by Crippen LogP contribution is -2.34. The van der Waals surface area contributed by atoms with Crippen LogP contribution in [0.15, 0.2) is 24.3 Å². The zero-order valence-corrected chi connectivity index (χ0v) is 12.2. The van der Waals surface area contributed by atoms with Gasteiger partial charge in [0.15, 0.2) is 0 Å². The Hall–Kier alpha value is -0.820. The molecule has 1 N–H and O–H groups in total. The summed E-state index contributed by atoms with van der Waals surface area (Å²) in [7, 11) is 0. The molecule has 0 aliphatic heterocycles. The van der Waals surface area contributed by atoms with Crippen molar-refractivity contribution in [3.63, 3.8) is 0 Å². The topological polar surface area (TPSA) is 12.0 Å². The predicted octanol–water partition coefficient (Wildman–Crippen LogP) is 4.62. The van der Waals surface area contributed by atoms with E-state index in [2.05, 4.69) is 36.5 Å². The summed E-state index contributed by atoms with van der Waals surface area (Å²) in [6, 6.07) is 9.71. The molecule has 1 heteroatoms. The van der Waals surface area contributed by atoms with Crippen LogP contribution in [-0.4, -0.2) is 6.04 Å². The van der Waals surface area contributed by atoms with Gasteiger partial charge in [-0.2, -0.15) is 0 Å². The molecule has 0 spiro atoms. The minimum absolute atomic E-state index is 0.674. The van der Waals surface area contributed by atoms with E-state index in [1.54, 1.807) is 5.56 Å². The van der Waals surface area contributed by atoms with Crippen LogP contribution < -0.4 is 5.32 Å². The molecule has 0 heterocycles. The largest absolute Gasteiger partial charge is 0.310 e. The molecular formula is C18H27N. The van der Waals surface area contributed by atoms with Crippen LogP contribution in [0.1, 0.15) is 68.9 Å². The molecule has 0 bridgehead atoms. The maximum Gasteiger partial charge on any atom is 0.0210 e. The van der Waals surface area contributed by atoms with Crippen LogP contribution in [0, 0.1) is 5.92 Å². The minimum atomic E-state index is 0.674. The molecule has 1 nitrogen and oxygen atoms in total. The van der Waals surface area contributed by atoms with Gasteiger partial charge in [-0.05, 0) is 55.6 Å². The van der Waals surface area contributed by atoms with E-state index in [0.29, 0.717) is 6.04 Å². The molecule has 3 rings (SSSR count). The Morgan fingerprint density at radius 3 is 2.53 bits per heavy atom. The average Bonchev–Trinajstić information content (AvgIpc) is 3.30. The van der Waals surface area contributed by atoms with Crippen molar-refractivity contribution in [3.8, 4) is 0 Å². The van der Waals surface area contributed by atoms with Crippen LogP contribution in [0.25, 0.3) is 0 Å². The molecular weight excluding hydrogens is 230 g/mol. The molecule has 1 unspecified atom stereocenters. The molecule has 2 fully saturated rings. The molecule has 0 aromatic heterocycles. The van der Waals surface area contributed by atoms with Crippen molar-refractivity contribution in [3.05, 3.63) is 35.4 Å². The summed E-state index contributed by atoms with van der Waals surface area (Å²) < 4.78 is 0. The zero-order chi connectivity index (χ0) is 13.1. The second kappa shape index (κ2) is 6.09. The van der Waals surface area contributed by atoms with E-state index in [0.717, 1.165) is 18.4 Å². The van der Waals surface area contributed by atoms with Crippen LogP contribution in [0.4, 0.5) is 0 Å². The monoisotopic (exact) mass is 257 g/mol. The normalized spacial score (nSPS) is 22.4. The van der Waals surface area contributed by atoms with Crippen molar-refractivity contribution in [2.75, 3.05) is 0 Å². The molecule has 1 aromatic rings. The smallest absolute Gasteiger partial charge is 0.0210 e. The Balaban J connectivity index is 1.56. The number of benzene rings is 1. The van der Waals surface area contributed by atoms with Gasteiger partial charge in [0.2, 0.25) is 0 Å². The SMILES string of the molecule is CC(NCc1ccccc1C1CC1)C1CCCCC1. The first-order chi connectivity index (χ1) is 9.34. The second-order valence-corrected chi connectivity index (χ2v) is 6.54. The molecule has 2 saturated carbocycles. The lowest BCUT2D eigenvalue weighted by molar-refractivity contribution is 0.280. The van der Waals surface area contributed by atoms with Crippen LogP contribution >= 0.6 is 0 Å². The van der Waals surface area contributed by atoms with Gasteiger partial charge in [-0.1, -0.05) is 43.5 Å². The fraction of sp³-hybridized carbons (Fsp3) is 0.667. The van der Waals surface area contributed by atoms with Gasteiger partial charge in [0.1, 0.15) is 0 Å². The van der Waals surface area contributed by atoms with E-state index < -0.39 is 0 Å². The lowest BCUT2D eigenvalue weighted by Gasteiger charge is -2.28. The number of rotatable bonds is 5. The van der Waals surface area contributed by atoms with Gasteiger partial charge >= 0.3 is 0 Å². The second-order valence-electron chi connectivity index (χ2n) is 6.54. The highest BCUT2D eigenvalue weighted by Gasteiger charge is 2.26. The van der Waals surface area contributed by atoms with Gasteiger partial charge in [0, 0.05) is 12.6 Å². The van der Waals surface area contributed by atoms with Crippen LogP contribution in [-0.2, 0) is 6.54 Å². The Kier molecular flexibility index (Phi) is 4.22. The van der Waals surface area contributed by atoms with E-state index in [9.17, 15) is 0 Å². The van der Waals surface area contributed by atoms with E-state index >= 15 is 0 Å². The molecule has 0 saturated heterocycles. The maximum atomic E-state index is 3.79. The summed E-state index contributed by atoms with van der Waals surface area (Å²) in [5, 5.41) is 3.79. The zero-order valence-electron chi connectivity index (χ0n) is 12.2. The lowest BCUT2D eigenvalue weighted by atomic mass is 9.84. The molecule has 104 valence electrons. The first kappa shape index (κ1) is 13.2. The summed E-state index contributed by atoms with van der Waals surface area (Å²) in [5.74, 6) is 1.77. The molecule has 1 aromatic carbocycles. The highest BCUT2D eigenvalue weighted by molar-refractivity contribution is 5.33. The predicted molar refractivity (Wildman–Crippen MR) is 81.3 cm³/mol. The van der Waals surface area contributed by atoms with E-state index in [1.165, 1.54) is 50.5 Å². The fourth-order valence-corrected chi connectivity index (χ4v) is 3.56. The molecule has 1 atom stereocenters. The van der Waals surface area contributed by atoms with E-state index in [4.69, 9.17) is 0 Å². The molecule has 19 heavy (non-hydrogen) atoms. The average molecular weight is 257 g/mol. The van der Waals surface area contributed by atoms with Gasteiger partial charge in [0.05, 0.1) is 0 Å². The van der Waals surface area contributed by atoms with Crippen molar-refractivity contribution in [2.45, 2.75) is 70.4 Å². The third-order valence-electron chi connectivity index (χ3n) is 5.04. The Morgan fingerprint density at radius 2 is 1.79 bits per heavy atom. The summed E-state index contributed by atoms with van der Waals surface area (Å²) in [6.45, 7) is 3.44. The Labute approximate surface area is 117 Å². The molecule has 2 aliphatic rings. The highest BCUT2D eigenvalue weighted by Crippen LogP contribution is 2.41. The van der Waals surface area contributed by atoms with Crippen molar-refractivity contribution in [1.29, 1.82) is 0 Å². The Morgan fingerprint density at radius 1 is 1.05 bits per heavy atom. The van der Waals surface area contributed by atoms with Gasteiger partial charge < -0.3 is 5.32 Å². The van der Waals surface area contributed by atoms with Gasteiger partial charge in [-0.25, -0.2) is 0 Å². The Bertz CT molecular complexity index is 402. The van der Waals surface area contributed by atoms with Gasteiger partial charge in [-0.3, -0.25) is 0 Å². The highest BCUT2D eigenvalue weighted by atomic mass is 14.9. The quantitative estimate of drug-likeness (QED) is 0.811. The number of hydrogen-bond acceptors (Lipinski definition) is 1. The molecule has 0 radical (unpaired) electrons. The van der Waals surface area contributed by atoms with Crippen LogP contribution in [0.5, 0.6) is 0 Å². The van der Waals surface area contributed by atoms with Crippen molar-refractivity contribution in [1.82, 2.24) is 5.32 Å². The van der Waals surface area contributed by atoms with Crippen molar-refractivity contribution in [2.24, 2.45) is 5.92 Å². The van der Waals surface area contributed by atoms with Gasteiger partial charge in [-0.15, -0.1) is 0 Å². The van der Waals surface area contributed by atoms with Crippen LogP contribution in [0.3, 0.4) is 0 Å². The standard InChI is InChI=1S/C18H27N/c1-14(15-7-3-2-4-8-15)19-13-17-9-5-6-10-18(17)16-11-12-16/h5-6,9-10,14-16,19H,2-4,7-8,11-13H2,1H3. The third kappa shape index (κ3) is 3.39. The van der Waals surface area contributed by atoms with E-state index in [1.807, 2.05) is 0 Å².